The molecule has 1 saturated heterocycles. The molecule has 0 radical (unpaired) electrons. The first kappa shape index (κ1) is 39.2. The minimum Gasteiger partial charge on any atom is -0.497 e. The van der Waals surface area contributed by atoms with Crippen LogP contribution in [0.25, 0.3) is 0 Å². The zero-order valence-electron chi connectivity index (χ0n) is 31.2. The molecule has 2 aliphatic heterocycles. The molecule has 3 atom stereocenters. The fourth-order valence-corrected chi connectivity index (χ4v) is 8.24. The van der Waals surface area contributed by atoms with Crippen LogP contribution in [0.3, 0.4) is 0 Å². The van der Waals surface area contributed by atoms with E-state index in [0.29, 0.717) is 61.3 Å². The van der Waals surface area contributed by atoms with Gasteiger partial charge in [0.2, 0.25) is 17.7 Å². The van der Waals surface area contributed by atoms with Crippen molar-refractivity contribution in [3.8, 4) is 5.75 Å². The number of likely N-dealkylation sites (N-methyl/N-ethyl adjacent to an activating group) is 1. The number of ether oxygens (including phenoxy) is 1. The molecule has 0 spiro atoms. The number of hydrogen-bond acceptors (Lipinski definition) is 8. The van der Waals surface area contributed by atoms with E-state index >= 15 is 0 Å². The first-order valence-corrected chi connectivity index (χ1v) is 19.7. The number of nitrogens with zero attached hydrogens (tertiary/aromatic N) is 3. The molecule has 0 saturated carbocycles. The highest BCUT2D eigenvalue weighted by molar-refractivity contribution is 7.99. The van der Waals surface area contributed by atoms with Gasteiger partial charge in [0.05, 0.1) is 23.5 Å². The highest BCUT2D eigenvalue weighted by atomic mass is 32.2. The number of thioether (sulfide) groups is 1. The lowest BCUT2D eigenvalue weighted by Gasteiger charge is -2.32. The fraction of sp³-hybridized carbons (Fsp3) is 0.326. The lowest BCUT2D eigenvalue weighted by Crippen LogP contribution is -2.54. The van der Waals surface area contributed by atoms with Crippen LogP contribution >= 0.6 is 11.8 Å². The smallest absolute Gasteiger partial charge is 0.261 e. The molecule has 2 N–H and O–H groups in total. The Morgan fingerprint density at radius 2 is 1.42 bits per heavy atom. The molecule has 0 aromatic heterocycles. The van der Waals surface area contributed by atoms with Crippen molar-refractivity contribution in [1.29, 1.82) is 0 Å². The number of fused-ring (bicyclic) bond motifs is 1. The Labute approximate surface area is 326 Å². The second-order valence-corrected chi connectivity index (χ2v) is 14.9. The van der Waals surface area contributed by atoms with Gasteiger partial charge >= 0.3 is 0 Å². The third-order valence-corrected chi connectivity index (χ3v) is 11.4. The van der Waals surface area contributed by atoms with Crippen molar-refractivity contribution in [2.24, 2.45) is 0 Å². The molecule has 2 aliphatic rings. The number of nitrogens with one attached hydrogen (secondary N) is 2. The zero-order chi connectivity index (χ0) is 38.7. The van der Waals surface area contributed by atoms with Crippen LogP contribution in [0.5, 0.6) is 5.75 Å². The van der Waals surface area contributed by atoms with Crippen molar-refractivity contribution in [2.75, 3.05) is 40.3 Å². The van der Waals surface area contributed by atoms with E-state index in [1.807, 2.05) is 84.9 Å². The number of unbranched alkanes of at least 4 members (excludes halogenated alkanes) is 1. The van der Waals surface area contributed by atoms with E-state index in [9.17, 15) is 24.0 Å². The summed E-state index contributed by atoms with van der Waals surface area (Å²) in [4.78, 5) is 73.3. The topological polar surface area (TPSA) is 128 Å². The molecular weight excluding hydrogens is 715 g/mol. The van der Waals surface area contributed by atoms with Crippen LogP contribution in [0.4, 0.5) is 0 Å². The fourth-order valence-electron chi connectivity index (χ4n) is 7.10. The van der Waals surface area contributed by atoms with Gasteiger partial charge in [-0.3, -0.25) is 33.8 Å². The van der Waals surface area contributed by atoms with Gasteiger partial charge in [0, 0.05) is 45.5 Å². The Hall–Kier alpha value is -5.46. The minimum atomic E-state index is -0.919. The molecule has 55 heavy (non-hydrogen) atoms. The first-order valence-electron chi connectivity index (χ1n) is 18.6. The number of hydrogen-bond donors (Lipinski definition) is 2. The number of methoxy groups -OCH3 is 1. The average Bonchev–Trinajstić information content (AvgIpc) is 3.36. The summed E-state index contributed by atoms with van der Waals surface area (Å²) in [6, 6.07) is 31.9. The van der Waals surface area contributed by atoms with E-state index in [1.165, 1.54) is 16.7 Å². The standard InChI is InChI=1S/C43H47N5O6S/c1-44-40(50)38(32-15-7-4-8-16-32)47-26-25-46(27-30-13-5-3-6-14-30)28-36(43(47)53)45-39(49)37(55-29-31-20-22-33(54-2)23-21-31)19-11-12-24-48-41(51)34-17-9-10-18-35(34)42(48)52/h3-10,13-18,20-23,36-38H,11-12,19,24-29H2,1-2H3,(H,44,50)(H,45,49). The summed E-state index contributed by atoms with van der Waals surface area (Å²) in [5.74, 6) is -0.249. The molecule has 0 aliphatic carbocycles. The highest BCUT2D eigenvalue weighted by Crippen LogP contribution is 2.28. The van der Waals surface area contributed by atoms with Gasteiger partial charge in [-0.15, -0.1) is 11.8 Å². The van der Waals surface area contributed by atoms with Crippen molar-refractivity contribution in [2.45, 2.75) is 48.9 Å². The second kappa shape index (κ2) is 18.7. The maximum atomic E-state index is 14.6. The maximum Gasteiger partial charge on any atom is 0.261 e. The van der Waals surface area contributed by atoms with Crippen molar-refractivity contribution in [3.63, 3.8) is 0 Å². The minimum absolute atomic E-state index is 0.245. The van der Waals surface area contributed by atoms with E-state index in [4.69, 9.17) is 4.74 Å². The highest BCUT2D eigenvalue weighted by Gasteiger charge is 2.39. The molecular formula is C43H47N5O6S. The van der Waals surface area contributed by atoms with Gasteiger partial charge in [-0.25, -0.2) is 0 Å². The van der Waals surface area contributed by atoms with Crippen LogP contribution in [0, 0.1) is 0 Å². The molecule has 2 heterocycles. The van der Waals surface area contributed by atoms with Crippen LogP contribution in [0.15, 0.2) is 109 Å². The monoisotopic (exact) mass is 761 g/mol. The SMILES string of the molecule is CNC(=O)C(c1ccccc1)N1CCN(Cc2ccccc2)CC(NC(=O)C(CCCCN2C(=O)c3ccccc3C2=O)SCc2ccc(OC)cc2)C1=O. The van der Waals surface area contributed by atoms with Crippen molar-refractivity contribution in [1.82, 2.24) is 25.3 Å². The largest absolute Gasteiger partial charge is 0.497 e. The van der Waals surface area contributed by atoms with E-state index < -0.39 is 17.3 Å². The van der Waals surface area contributed by atoms with Crippen molar-refractivity contribution >= 4 is 41.3 Å². The van der Waals surface area contributed by atoms with Gasteiger partial charge in [-0.2, -0.15) is 0 Å². The summed E-state index contributed by atoms with van der Waals surface area (Å²) >= 11 is 1.48. The van der Waals surface area contributed by atoms with Gasteiger partial charge in [0.25, 0.3) is 11.8 Å². The molecule has 286 valence electrons. The van der Waals surface area contributed by atoms with Crippen LogP contribution < -0.4 is 15.4 Å². The second-order valence-electron chi connectivity index (χ2n) is 13.7. The molecule has 0 bridgehead atoms. The van der Waals surface area contributed by atoms with Crippen molar-refractivity contribution < 1.29 is 28.7 Å². The summed E-state index contributed by atoms with van der Waals surface area (Å²) in [6.07, 6.45) is 1.54. The Balaban J connectivity index is 1.20. The Morgan fingerprint density at radius 1 is 0.782 bits per heavy atom. The quantitative estimate of drug-likeness (QED) is 0.120. The van der Waals surface area contributed by atoms with Gasteiger partial charge in [0.1, 0.15) is 17.8 Å². The predicted octanol–water partition coefficient (Wildman–Crippen LogP) is 5.08. The van der Waals surface area contributed by atoms with Crippen LogP contribution in [0.2, 0.25) is 0 Å². The lowest BCUT2D eigenvalue weighted by molar-refractivity contribution is -0.142. The molecule has 5 amide bonds. The molecule has 1 fully saturated rings. The third kappa shape index (κ3) is 9.62. The molecule has 6 rings (SSSR count). The normalized spacial score (nSPS) is 17.0. The van der Waals surface area contributed by atoms with Gasteiger partial charge < -0.3 is 20.3 Å². The first-order chi connectivity index (χ1) is 26.8. The van der Waals surface area contributed by atoms with Gasteiger partial charge in [-0.1, -0.05) is 91.3 Å². The molecule has 12 heteroatoms. The third-order valence-electron chi connectivity index (χ3n) is 10.0. The number of rotatable bonds is 16. The van der Waals surface area contributed by atoms with Crippen molar-refractivity contribution in [3.05, 3.63) is 137 Å². The van der Waals surface area contributed by atoms with E-state index in [0.717, 1.165) is 16.9 Å². The summed E-state index contributed by atoms with van der Waals surface area (Å²) in [5, 5.41) is 5.31. The van der Waals surface area contributed by atoms with Crippen LogP contribution in [-0.2, 0) is 26.7 Å². The van der Waals surface area contributed by atoms with Crippen LogP contribution in [-0.4, -0.2) is 95.9 Å². The summed E-state index contributed by atoms with van der Waals surface area (Å²) in [5.41, 5.74) is 3.59. The number of carbonyl (C=O) groups excluding carboxylic acids is 5. The number of benzene rings is 4. The van der Waals surface area contributed by atoms with Gasteiger partial charge in [0.15, 0.2) is 0 Å². The average molecular weight is 762 g/mol. The number of amides is 5. The Morgan fingerprint density at radius 3 is 2.05 bits per heavy atom. The number of imide groups is 1. The lowest BCUT2D eigenvalue weighted by atomic mass is 10.0. The Kier molecular flexibility index (Phi) is 13.4. The number of carbonyl (C=O) groups is 5. The molecule has 4 aromatic carbocycles. The zero-order valence-corrected chi connectivity index (χ0v) is 32.0. The molecule has 11 nitrogen and oxygen atoms in total. The molecule has 4 aromatic rings. The predicted molar refractivity (Wildman–Crippen MR) is 212 cm³/mol. The summed E-state index contributed by atoms with van der Waals surface area (Å²) in [7, 11) is 3.17. The van der Waals surface area contributed by atoms with E-state index in [1.54, 1.807) is 43.3 Å². The van der Waals surface area contributed by atoms with Crippen LogP contribution in [0.1, 0.15) is 62.7 Å². The van der Waals surface area contributed by atoms with Gasteiger partial charge in [-0.05, 0) is 53.8 Å². The Bertz CT molecular complexity index is 1930. The molecule has 3 unspecified atom stereocenters. The summed E-state index contributed by atoms with van der Waals surface area (Å²) in [6.45, 7) is 1.87. The van der Waals surface area contributed by atoms with E-state index in [2.05, 4.69) is 15.5 Å². The maximum absolute atomic E-state index is 14.6. The summed E-state index contributed by atoms with van der Waals surface area (Å²) < 4.78 is 5.32. The van der Waals surface area contributed by atoms with E-state index in [-0.39, 0.29) is 42.6 Å².